The number of Topliss-reactive ketones (excluding diaryl/α,β-unsaturated/α-hetero) is 1. The quantitative estimate of drug-likeness (QED) is 0.496. The lowest BCUT2D eigenvalue weighted by molar-refractivity contribution is -0.140. The van der Waals surface area contributed by atoms with E-state index in [9.17, 15) is 19.2 Å². The molecule has 1 rings (SSSR count). The molecule has 1 heterocycles. The summed E-state index contributed by atoms with van der Waals surface area (Å²) < 4.78 is 0. The second-order valence-electron chi connectivity index (χ2n) is 7.04. The number of amides is 3. The average molecular weight is 389 g/mol. The maximum absolute atomic E-state index is 12.5. The highest BCUT2D eigenvalue weighted by molar-refractivity contribution is 6.28. The third kappa shape index (κ3) is 5.67. The Labute approximate surface area is 159 Å². The molecule has 148 valence electrons. The molecule has 3 amide bonds. The van der Waals surface area contributed by atoms with Crippen molar-refractivity contribution in [3.05, 3.63) is 0 Å². The van der Waals surface area contributed by atoms with Gasteiger partial charge in [-0.1, -0.05) is 13.8 Å². The summed E-state index contributed by atoms with van der Waals surface area (Å²) >= 11 is 5.58. The van der Waals surface area contributed by atoms with E-state index in [-0.39, 0.29) is 23.5 Å². The van der Waals surface area contributed by atoms with E-state index in [1.165, 1.54) is 11.8 Å². The normalized spacial score (nSPS) is 20.4. The third-order valence-electron chi connectivity index (χ3n) is 4.42. The Morgan fingerprint density at radius 2 is 1.77 bits per heavy atom. The van der Waals surface area contributed by atoms with Crippen LogP contribution in [0.25, 0.3) is 0 Å². The molecule has 8 nitrogen and oxygen atoms in total. The minimum Gasteiger partial charge on any atom is -0.344 e. The van der Waals surface area contributed by atoms with E-state index < -0.39 is 36.0 Å². The number of nitrogens with two attached hydrogens (primary N) is 1. The topological polar surface area (TPSA) is 122 Å². The van der Waals surface area contributed by atoms with Gasteiger partial charge in [-0.2, -0.15) is 0 Å². The fourth-order valence-electron chi connectivity index (χ4n) is 2.92. The SMILES string of the molecule is CC(C)[C@H](NC(=O)[C@H](C)NC(=O)[C@H]1CCCN1C(=O)[C@@H](C)N)C(=O)CCl. The Kier molecular flexibility index (Phi) is 8.49. The third-order valence-corrected chi connectivity index (χ3v) is 4.69. The van der Waals surface area contributed by atoms with Crippen LogP contribution >= 0.6 is 11.6 Å². The molecule has 26 heavy (non-hydrogen) atoms. The first kappa shape index (κ1) is 22.4. The Morgan fingerprint density at radius 1 is 1.15 bits per heavy atom. The van der Waals surface area contributed by atoms with Crippen molar-refractivity contribution in [2.75, 3.05) is 12.4 Å². The van der Waals surface area contributed by atoms with Crippen molar-refractivity contribution < 1.29 is 19.2 Å². The zero-order chi connectivity index (χ0) is 20.0. The predicted octanol–water partition coefficient (Wildman–Crippen LogP) is -0.222. The number of rotatable bonds is 8. The van der Waals surface area contributed by atoms with Crippen molar-refractivity contribution in [3.8, 4) is 0 Å². The van der Waals surface area contributed by atoms with Crippen molar-refractivity contribution in [1.29, 1.82) is 0 Å². The van der Waals surface area contributed by atoms with Gasteiger partial charge in [0.1, 0.15) is 12.1 Å². The number of likely N-dealkylation sites (tertiary alicyclic amines) is 1. The number of hydrogen-bond donors (Lipinski definition) is 3. The highest BCUT2D eigenvalue weighted by atomic mass is 35.5. The van der Waals surface area contributed by atoms with Crippen LogP contribution in [0.15, 0.2) is 0 Å². The van der Waals surface area contributed by atoms with E-state index in [1.807, 2.05) is 0 Å². The monoisotopic (exact) mass is 388 g/mol. The Hall–Kier alpha value is -1.67. The zero-order valence-electron chi connectivity index (χ0n) is 15.8. The molecule has 0 saturated carbocycles. The van der Waals surface area contributed by atoms with Gasteiger partial charge in [-0.05, 0) is 32.6 Å². The predicted molar refractivity (Wildman–Crippen MR) is 98.5 cm³/mol. The molecule has 0 bridgehead atoms. The molecule has 0 aliphatic carbocycles. The van der Waals surface area contributed by atoms with Crippen molar-refractivity contribution in [1.82, 2.24) is 15.5 Å². The molecule has 1 saturated heterocycles. The Morgan fingerprint density at radius 3 is 2.27 bits per heavy atom. The van der Waals surface area contributed by atoms with Crippen molar-refractivity contribution in [3.63, 3.8) is 0 Å². The molecule has 0 radical (unpaired) electrons. The summed E-state index contributed by atoms with van der Waals surface area (Å²) in [5.74, 6) is -1.75. The number of carbonyl (C=O) groups is 4. The maximum atomic E-state index is 12.5. The van der Waals surface area contributed by atoms with Crippen LogP contribution in [0.2, 0.25) is 0 Å². The van der Waals surface area contributed by atoms with Crippen LogP contribution in [0.3, 0.4) is 0 Å². The van der Waals surface area contributed by atoms with Gasteiger partial charge < -0.3 is 21.3 Å². The van der Waals surface area contributed by atoms with E-state index in [4.69, 9.17) is 17.3 Å². The van der Waals surface area contributed by atoms with Gasteiger partial charge in [0, 0.05) is 6.54 Å². The lowest BCUT2D eigenvalue weighted by Crippen LogP contribution is -2.56. The average Bonchev–Trinajstić information content (AvgIpc) is 3.07. The van der Waals surface area contributed by atoms with Gasteiger partial charge in [-0.25, -0.2) is 0 Å². The van der Waals surface area contributed by atoms with Gasteiger partial charge in [0.25, 0.3) is 0 Å². The lowest BCUT2D eigenvalue weighted by Gasteiger charge is -2.27. The van der Waals surface area contributed by atoms with E-state index in [1.54, 1.807) is 20.8 Å². The summed E-state index contributed by atoms with van der Waals surface area (Å²) in [5, 5.41) is 5.24. The van der Waals surface area contributed by atoms with Crippen LogP contribution in [0, 0.1) is 5.92 Å². The van der Waals surface area contributed by atoms with E-state index in [0.29, 0.717) is 19.4 Å². The number of hydrogen-bond acceptors (Lipinski definition) is 5. The van der Waals surface area contributed by atoms with Crippen molar-refractivity contribution in [2.45, 2.75) is 64.7 Å². The summed E-state index contributed by atoms with van der Waals surface area (Å²) in [6.07, 6.45) is 1.23. The molecular weight excluding hydrogens is 360 g/mol. The van der Waals surface area contributed by atoms with E-state index >= 15 is 0 Å². The zero-order valence-corrected chi connectivity index (χ0v) is 16.5. The number of ketones is 1. The van der Waals surface area contributed by atoms with Crippen LogP contribution in [0.1, 0.15) is 40.5 Å². The van der Waals surface area contributed by atoms with Gasteiger partial charge >= 0.3 is 0 Å². The van der Waals surface area contributed by atoms with Crippen molar-refractivity contribution >= 4 is 35.1 Å². The smallest absolute Gasteiger partial charge is 0.243 e. The van der Waals surface area contributed by atoms with Gasteiger partial charge in [0.05, 0.1) is 18.0 Å². The summed E-state index contributed by atoms with van der Waals surface area (Å²) in [6, 6.07) is -2.87. The summed E-state index contributed by atoms with van der Waals surface area (Å²) in [4.78, 5) is 50.2. The molecule has 1 fully saturated rings. The number of nitrogens with one attached hydrogen (secondary N) is 2. The minimum atomic E-state index is -0.847. The van der Waals surface area contributed by atoms with Gasteiger partial charge in [-0.15, -0.1) is 11.6 Å². The van der Waals surface area contributed by atoms with E-state index in [2.05, 4.69) is 10.6 Å². The molecule has 1 aliphatic heterocycles. The van der Waals surface area contributed by atoms with Gasteiger partial charge in [0.15, 0.2) is 5.78 Å². The highest BCUT2D eigenvalue weighted by Crippen LogP contribution is 2.18. The first-order chi connectivity index (χ1) is 12.1. The van der Waals surface area contributed by atoms with E-state index in [0.717, 1.165) is 0 Å². The minimum absolute atomic E-state index is 0.123. The molecule has 9 heteroatoms. The summed E-state index contributed by atoms with van der Waals surface area (Å²) in [5.41, 5.74) is 5.62. The molecule has 1 aliphatic rings. The Bertz CT molecular complexity index is 553. The summed E-state index contributed by atoms with van der Waals surface area (Å²) in [6.45, 7) is 7.18. The van der Waals surface area contributed by atoms with Gasteiger partial charge in [0.2, 0.25) is 17.7 Å². The van der Waals surface area contributed by atoms with Gasteiger partial charge in [-0.3, -0.25) is 19.2 Å². The van der Waals surface area contributed by atoms with Crippen LogP contribution in [0.4, 0.5) is 0 Å². The second-order valence-corrected chi connectivity index (χ2v) is 7.31. The maximum Gasteiger partial charge on any atom is 0.243 e. The number of halogens is 1. The molecule has 4 N–H and O–H groups in total. The number of nitrogens with zero attached hydrogens (tertiary/aromatic N) is 1. The lowest BCUT2D eigenvalue weighted by atomic mass is 10.0. The largest absolute Gasteiger partial charge is 0.344 e. The highest BCUT2D eigenvalue weighted by Gasteiger charge is 2.36. The van der Waals surface area contributed by atoms with Crippen LogP contribution < -0.4 is 16.4 Å². The second kappa shape index (κ2) is 9.87. The molecule has 0 unspecified atom stereocenters. The van der Waals surface area contributed by atoms with Crippen LogP contribution in [-0.2, 0) is 19.2 Å². The fourth-order valence-corrected chi connectivity index (χ4v) is 3.09. The molecule has 0 aromatic carbocycles. The van der Waals surface area contributed by atoms with Crippen LogP contribution in [0.5, 0.6) is 0 Å². The van der Waals surface area contributed by atoms with Crippen molar-refractivity contribution in [2.24, 2.45) is 11.7 Å². The number of carbonyl (C=O) groups excluding carboxylic acids is 4. The Balaban J connectivity index is 2.69. The standard InChI is InChI=1S/C17H29ClN4O4/c1-9(2)14(13(23)8-18)21-15(24)11(4)20-16(25)12-6-5-7-22(12)17(26)10(3)19/h9-12,14H,5-8,19H2,1-4H3,(H,20,25)(H,21,24)/t10-,11+,12-,14+/m1/s1. The molecule has 0 aromatic heterocycles. The first-order valence-electron chi connectivity index (χ1n) is 8.85. The van der Waals surface area contributed by atoms with Crippen LogP contribution in [-0.4, -0.2) is 65.0 Å². The molecule has 4 atom stereocenters. The molecular formula is C17H29ClN4O4. The summed E-state index contributed by atoms with van der Waals surface area (Å²) in [7, 11) is 0. The fraction of sp³-hybridized carbons (Fsp3) is 0.765. The molecule has 0 aromatic rings. The first-order valence-corrected chi connectivity index (χ1v) is 9.39. The molecule has 0 spiro atoms. The number of alkyl halides is 1.